The van der Waals surface area contributed by atoms with Crippen LogP contribution in [0.2, 0.25) is 0 Å². The van der Waals surface area contributed by atoms with Gasteiger partial charge in [-0.2, -0.15) is 0 Å². The quantitative estimate of drug-likeness (QED) is 0.543. The molecule has 0 heterocycles. The fourth-order valence-electron chi connectivity index (χ4n) is 1.42. The zero-order valence-electron chi connectivity index (χ0n) is 8.50. The highest BCUT2D eigenvalue weighted by molar-refractivity contribution is 7.89. The number of hydrogen-bond acceptors (Lipinski definition) is 2. The van der Waals surface area contributed by atoms with Crippen molar-refractivity contribution < 1.29 is 8.42 Å². The molecular weight excluding hydrogens is 222 g/mol. The van der Waals surface area contributed by atoms with Crippen LogP contribution in [0.25, 0.3) is 0 Å². The molecule has 0 aromatic heterocycles. The summed E-state index contributed by atoms with van der Waals surface area (Å²) in [6.45, 7) is 1.94. The van der Waals surface area contributed by atoms with Crippen molar-refractivity contribution in [3.05, 3.63) is 0 Å². The maximum atomic E-state index is 11.5. The second-order valence-electron chi connectivity index (χ2n) is 3.96. The molecule has 0 spiro atoms. The summed E-state index contributed by atoms with van der Waals surface area (Å²) in [5.41, 5.74) is 0. The lowest BCUT2D eigenvalue weighted by molar-refractivity contribution is 0.536. The molecule has 3 nitrogen and oxygen atoms in total. The molecule has 1 aliphatic carbocycles. The van der Waals surface area contributed by atoms with Gasteiger partial charge in [-0.3, -0.25) is 0 Å². The fraction of sp³-hybridized carbons (Fsp3) is 1.00. The monoisotopic (exact) mass is 239 g/mol. The Hall–Kier alpha value is 0.200. The van der Waals surface area contributed by atoms with E-state index in [2.05, 4.69) is 4.72 Å². The molecule has 0 bridgehead atoms. The Morgan fingerprint density at radius 3 is 2.57 bits per heavy atom. The molecule has 0 amide bonds. The summed E-state index contributed by atoms with van der Waals surface area (Å²) >= 11 is 5.48. The zero-order valence-corrected chi connectivity index (χ0v) is 10.1. The Morgan fingerprint density at radius 2 is 2.07 bits per heavy atom. The first-order chi connectivity index (χ1) is 6.55. The summed E-state index contributed by atoms with van der Waals surface area (Å²) in [5, 5.41) is 0. The Kier molecular flexibility index (Phi) is 4.67. The van der Waals surface area contributed by atoms with Gasteiger partial charge >= 0.3 is 0 Å². The van der Waals surface area contributed by atoms with E-state index in [-0.39, 0.29) is 11.8 Å². The van der Waals surface area contributed by atoms with E-state index in [1.807, 2.05) is 6.92 Å². The van der Waals surface area contributed by atoms with Crippen molar-refractivity contribution in [1.29, 1.82) is 0 Å². The van der Waals surface area contributed by atoms with Crippen LogP contribution in [0.15, 0.2) is 0 Å². The molecule has 1 aliphatic rings. The molecule has 14 heavy (non-hydrogen) atoms. The third kappa shape index (κ3) is 4.62. The molecule has 1 unspecified atom stereocenters. The number of rotatable bonds is 7. The Bertz CT molecular complexity index is 262. The van der Waals surface area contributed by atoms with Gasteiger partial charge in [0.05, 0.1) is 5.75 Å². The van der Waals surface area contributed by atoms with Crippen molar-refractivity contribution in [2.24, 2.45) is 5.92 Å². The van der Waals surface area contributed by atoms with Crippen LogP contribution in [-0.2, 0) is 10.0 Å². The number of sulfonamides is 1. The third-order valence-corrected chi connectivity index (χ3v) is 4.32. The summed E-state index contributed by atoms with van der Waals surface area (Å²) in [6.07, 6.45) is 3.73. The molecule has 0 aliphatic heterocycles. The van der Waals surface area contributed by atoms with Crippen LogP contribution in [0.3, 0.4) is 0 Å². The van der Waals surface area contributed by atoms with Crippen LogP contribution in [0.5, 0.6) is 0 Å². The molecule has 1 saturated carbocycles. The number of halogens is 1. The summed E-state index contributed by atoms with van der Waals surface area (Å²) in [4.78, 5) is 0. The minimum Gasteiger partial charge on any atom is -0.212 e. The molecule has 1 N–H and O–H groups in total. The SMILES string of the molecule is CC(NS(=O)(=O)CCCCCl)C1CC1. The van der Waals surface area contributed by atoms with Crippen molar-refractivity contribution in [1.82, 2.24) is 4.72 Å². The molecule has 1 rings (SSSR count). The maximum absolute atomic E-state index is 11.5. The average molecular weight is 240 g/mol. The van der Waals surface area contributed by atoms with Crippen LogP contribution < -0.4 is 4.72 Å². The molecule has 84 valence electrons. The van der Waals surface area contributed by atoms with Crippen molar-refractivity contribution in [3.8, 4) is 0 Å². The summed E-state index contributed by atoms with van der Waals surface area (Å²) in [7, 11) is -3.07. The van der Waals surface area contributed by atoms with E-state index >= 15 is 0 Å². The van der Waals surface area contributed by atoms with Gasteiger partial charge in [-0.1, -0.05) is 0 Å². The third-order valence-electron chi connectivity index (χ3n) is 2.49. The standard InChI is InChI=1S/C9H18ClNO2S/c1-8(9-4-5-9)11-14(12,13)7-3-2-6-10/h8-9,11H,2-7H2,1H3. The second kappa shape index (κ2) is 5.33. The summed E-state index contributed by atoms with van der Waals surface area (Å²) in [5.74, 6) is 1.31. The van der Waals surface area contributed by atoms with E-state index in [0.29, 0.717) is 18.2 Å². The van der Waals surface area contributed by atoms with Gasteiger partial charge in [-0.15, -0.1) is 11.6 Å². The van der Waals surface area contributed by atoms with E-state index in [4.69, 9.17) is 11.6 Å². The fourth-order valence-corrected chi connectivity index (χ4v) is 3.07. The first-order valence-corrected chi connectivity index (χ1v) is 7.30. The molecule has 0 aromatic carbocycles. The lowest BCUT2D eigenvalue weighted by Crippen LogP contribution is -2.35. The molecule has 5 heteroatoms. The second-order valence-corrected chi connectivity index (χ2v) is 6.21. The van der Waals surface area contributed by atoms with Crippen molar-refractivity contribution in [2.45, 2.75) is 38.6 Å². The molecule has 1 atom stereocenters. The lowest BCUT2D eigenvalue weighted by Gasteiger charge is -2.12. The van der Waals surface area contributed by atoms with Gasteiger partial charge in [0.1, 0.15) is 0 Å². The maximum Gasteiger partial charge on any atom is 0.211 e. The average Bonchev–Trinajstić information content (AvgIpc) is 2.85. The van der Waals surface area contributed by atoms with E-state index < -0.39 is 10.0 Å². The molecule has 0 radical (unpaired) electrons. The Labute approximate surface area is 91.3 Å². The Morgan fingerprint density at radius 1 is 1.43 bits per heavy atom. The number of alkyl halides is 1. The van der Waals surface area contributed by atoms with Crippen molar-refractivity contribution >= 4 is 21.6 Å². The zero-order chi connectivity index (χ0) is 10.6. The summed E-state index contributed by atoms with van der Waals surface area (Å²) < 4.78 is 25.7. The number of nitrogens with one attached hydrogen (secondary N) is 1. The van der Waals surface area contributed by atoms with Crippen LogP contribution in [0.1, 0.15) is 32.6 Å². The van der Waals surface area contributed by atoms with E-state index in [1.54, 1.807) is 0 Å². The number of hydrogen-bond donors (Lipinski definition) is 1. The van der Waals surface area contributed by atoms with Gasteiger partial charge < -0.3 is 0 Å². The van der Waals surface area contributed by atoms with Gasteiger partial charge in [-0.05, 0) is 38.5 Å². The normalized spacial score (nSPS) is 19.6. The smallest absolute Gasteiger partial charge is 0.211 e. The topological polar surface area (TPSA) is 46.2 Å². The first kappa shape index (κ1) is 12.3. The highest BCUT2D eigenvalue weighted by atomic mass is 35.5. The molecule has 1 fully saturated rings. The van der Waals surface area contributed by atoms with Crippen molar-refractivity contribution in [3.63, 3.8) is 0 Å². The van der Waals surface area contributed by atoms with E-state index in [9.17, 15) is 8.42 Å². The predicted molar refractivity (Wildman–Crippen MR) is 59.1 cm³/mol. The van der Waals surface area contributed by atoms with E-state index in [0.717, 1.165) is 19.3 Å². The predicted octanol–water partition coefficient (Wildman–Crippen LogP) is 1.72. The minimum absolute atomic E-state index is 0.107. The molecular formula is C9H18ClNO2S. The van der Waals surface area contributed by atoms with Gasteiger partial charge in [0.25, 0.3) is 0 Å². The number of unbranched alkanes of at least 4 members (excludes halogenated alkanes) is 1. The van der Waals surface area contributed by atoms with Gasteiger partial charge in [0.15, 0.2) is 0 Å². The lowest BCUT2D eigenvalue weighted by atomic mass is 10.2. The van der Waals surface area contributed by atoms with Crippen LogP contribution in [-0.4, -0.2) is 26.1 Å². The van der Waals surface area contributed by atoms with Gasteiger partial charge in [0.2, 0.25) is 10.0 Å². The van der Waals surface area contributed by atoms with Crippen LogP contribution in [0.4, 0.5) is 0 Å². The minimum atomic E-state index is -3.07. The molecule has 0 saturated heterocycles. The van der Waals surface area contributed by atoms with Crippen molar-refractivity contribution in [2.75, 3.05) is 11.6 Å². The Balaban J connectivity index is 2.25. The highest BCUT2D eigenvalue weighted by Gasteiger charge is 2.30. The van der Waals surface area contributed by atoms with Crippen LogP contribution >= 0.6 is 11.6 Å². The summed E-state index contributed by atoms with van der Waals surface area (Å²) in [6, 6.07) is 0.107. The van der Waals surface area contributed by atoms with Crippen LogP contribution in [0, 0.1) is 5.92 Å². The first-order valence-electron chi connectivity index (χ1n) is 5.11. The largest absolute Gasteiger partial charge is 0.212 e. The van der Waals surface area contributed by atoms with E-state index in [1.165, 1.54) is 0 Å². The van der Waals surface area contributed by atoms with Gasteiger partial charge in [0, 0.05) is 11.9 Å². The van der Waals surface area contributed by atoms with Gasteiger partial charge in [-0.25, -0.2) is 13.1 Å². The molecule has 0 aromatic rings. The highest BCUT2D eigenvalue weighted by Crippen LogP contribution is 2.32.